The second kappa shape index (κ2) is 4.66. The van der Waals surface area contributed by atoms with Crippen molar-refractivity contribution in [3.63, 3.8) is 0 Å². The Morgan fingerprint density at radius 2 is 2.12 bits per heavy atom. The molecule has 0 bridgehead atoms. The second-order valence-electron chi connectivity index (χ2n) is 4.25. The quantitative estimate of drug-likeness (QED) is 0.821. The summed E-state index contributed by atoms with van der Waals surface area (Å²) in [6.45, 7) is 3.03. The first-order valence-corrected chi connectivity index (χ1v) is 5.49. The van der Waals surface area contributed by atoms with E-state index in [0.717, 1.165) is 12.1 Å². The molecule has 2 rings (SSSR count). The molecular weight excluding hydrogens is 231 g/mol. The maximum Gasteiger partial charge on any atom is 0.416 e. The summed E-state index contributed by atoms with van der Waals surface area (Å²) in [5.74, 6) is 0. The standard InChI is InChI=1S/C12H14F3NO/c1-8-7-17-11(6-16-8)9-3-2-4-10(5-9)12(13,14)15/h2-5,8,11,16H,6-7H2,1H3/t8?,11-/m1/s1. The van der Waals surface area contributed by atoms with E-state index < -0.39 is 11.7 Å². The van der Waals surface area contributed by atoms with E-state index >= 15 is 0 Å². The van der Waals surface area contributed by atoms with Gasteiger partial charge in [-0.15, -0.1) is 0 Å². The Morgan fingerprint density at radius 3 is 2.71 bits per heavy atom. The van der Waals surface area contributed by atoms with Crippen molar-refractivity contribution < 1.29 is 17.9 Å². The third-order valence-corrected chi connectivity index (χ3v) is 2.78. The predicted molar refractivity (Wildman–Crippen MR) is 57.6 cm³/mol. The summed E-state index contributed by atoms with van der Waals surface area (Å²) in [6.07, 6.45) is -4.60. The number of rotatable bonds is 1. The van der Waals surface area contributed by atoms with Gasteiger partial charge in [0.1, 0.15) is 0 Å². The van der Waals surface area contributed by atoms with Crippen LogP contribution in [-0.2, 0) is 10.9 Å². The summed E-state index contributed by atoms with van der Waals surface area (Å²) < 4.78 is 43.1. The molecule has 5 heteroatoms. The Morgan fingerprint density at radius 1 is 1.35 bits per heavy atom. The molecule has 94 valence electrons. The van der Waals surface area contributed by atoms with Gasteiger partial charge in [0, 0.05) is 12.6 Å². The molecule has 1 aromatic rings. The van der Waals surface area contributed by atoms with Crippen molar-refractivity contribution in [2.45, 2.75) is 25.2 Å². The minimum Gasteiger partial charge on any atom is -0.371 e. The van der Waals surface area contributed by atoms with E-state index in [1.807, 2.05) is 6.92 Å². The van der Waals surface area contributed by atoms with Gasteiger partial charge in [0.2, 0.25) is 0 Å². The van der Waals surface area contributed by atoms with Crippen molar-refractivity contribution in [1.29, 1.82) is 0 Å². The average Bonchev–Trinajstić information content (AvgIpc) is 2.29. The molecule has 0 amide bonds. The van der Waals surface area contributed by atoms with Gasteiger partial charge in [-0.2, -0.15) is 13.2 Å². The topological polar surface area (TPSA) is 21.3 Å². The van der Waals surface area contributed by atoms with Crippen LogP contribution in [0.5, 0.6) is 0 Å². The highest BCUT2D eigenvalue weighted by molar-refractivity contribution is 5.27. The van der Waals surface area contributed by atoms with Crippen molar-refractivity contribution in [1.82, 2.24) is 5.32 Å². The molecule has 1 fully saturated rings. The number of ether oxygens (including phenoxy) is 1. The van der Waals surface area contributed by atoms with Gasteiger partial charge < -0.3 is 10.1 Å². The largest absolute Gasteiger partial charge is 0.416 e. The fraction of sp³-hybridized carbons (Fsp3) is 0.500. The first kappa shape index (κ1) is 12.4. The van der Waals surface area contributed by atoms with E-state index in [0.29, 0.717) is 18.7 Å². The highest BCUT2D eigenvalue weighted by Gasteiger charge is 2.31. The summed E-state index contributed by atoms with van der Waals surface area (Å²) in [5, 5.41) is 3.18. The third kappa shape index (κ3) is 2.98. The van der Waals surface area contributed by atoms with E-state index in [1.165, 1.54) is 6.07 Å². The highest BCUT2D eigenvalue weighted by Crippen LogP contribution is 2.31. The zero-order chi connectivity index (χ0) is 12.5. The minimum atomic E-state index is -4.30. The number of hydrogen-bond donors (Lipinski definition) is 1. The molecule has 2 nitrogen and oxygen atoms in total. The van der Waals surface area contributed by atoms with Gasteiger partial charge in [0.05, 0.1) is 18.3 Å². The molecule has 0 aliphatic carbocycles. The van der Waals surface area contributed by atoms with Crippen LogP contribution in [0.2, 0.25) is 0 Å². The van der Waals surface area contributed by atoms with Crippen molar-refractivity contribution >= 4 is 0 Å². The summed E-state index contributed by atoms with van der Waals surface area (Å²) in [7, 11) is 0. The summed E-state index contributed by atoms with van der Waals surface area (Å²) >= 11 is 0. The lowest BCUT2D eigenvalue weighted by Gasteiger charge is -2.28. The third-order valence-electron chi connectivity index (χ3n) is 2.78. The monoisotopic (exact) mass is 245 g/mol. The first-order chi connectivity index (χ1) is 7.97. The van der Waals surface area contributed by atoms with Crippen LogP contribution in [-0.4, -0.2) is 19.2 Å². The van der Waals surface area contributed by atoms with Crippen LogP contribution < -0.4 is 5.32 Å². The van der Waals surface area contributed by atoms with Gasteiger partial charge in [-0.3, -0.25) is 0 Å². The molecule has 1 N–H and O–H groups in total. The van der Waals surface area contributed by atoms with Crippen LogP contribution in [0.4, 0.5) is 13.2 Å². The molecule has 17 heavy (non-hydrogen) atoms. The maximum atomic E-state index is 12.5. The van der Waals surface area contributed by atoms with Gasteiger partial charge in [-0.1, -0.05) is 12.1 Å². The first-order valence-electron chi connectivity index (χ1n) is 5.49. The Balaban J connectivity index is 2.16. The maximum absolute atomic E-state index is 12.5. The molecular formula is C12H14F3NO. The van der Waals surface area contributed by atoms with E-state index in [2.05, 4.69) is 5.32 Å². The number of morpholine rings is 1. The highest BCUT2D eigenvalue weighted by atomic mass is 19.4. The van der Waals surface area contributed by atoms with Crippen LogP contribution in [0.15, 0.2) is 24.3 Å². The SMILES string of the molecule is CC1CO[C@@H](c2cccc(C(F)(F)F)c2)CN1. The lowest BCUT2D eigenvalue weighted by molar-refractivity contribution is -0.137. The van der Waals surface area contributed by atoms with Gasteiger partial charge >= 0.3 is 6.18 Å². The van der Waals surface area contributed by atoms with E-state index in [9.17, 15) is 13.2 Å². The number of halogens is 3. The lowest BCUT2D eigenvalue weighted by Crippen LogP contribution is -2.40. The molecule has 1 aliphatic heterocycles. The molecule has 1 aliphatic rings. The van der Waals surface area contributed by atoms with Crippen LogP contribution >= 0.6 is 0 Å². The number of benzene rings is 1. The molecule has 1 unspecified atom stereocenters. The van der Waals surface area contributed by atoms with Gasteiger partial charge in [-0.05, 0) is 24.6 Å². The van der Waals surface area contributed by atoms with Gasteiger partial charge in [0.25, 0.3) is 0 Å². The Kier molecular flexibility index (Phi) is 3.40. The molecule has 0 aromatic heterocycles. The van der Waals surface area contributed by atoms with Crippen LogP contribution in [0.25, 0.3) is 0 Å². The van der Waals surface area contributed by atoms with Crippen LogP contribution in [0, 0.1) is 0 Å². The zero-order valence-corrected chi connectivity index (χ0v) is 9.42. The van der Waals surface area contributed by atoms with E-state index in [1.54, 1.807) is 6.07 Å². The summed E-state index contributed by atoms with van der Waals surface area (Å²) in [4.78, 5) is 0. The fourth-order valence-electron chi connectivity index (χ4n) is 1.82. The molecule has 0 spiro atoms. The lowest BCUT2D eigenvalue weighted by atomic mass is 10.0. The smallest absolute Gasteiger partial charge is 0.371 e. The van der Waals surface area contributed by atoms with E-state index in [-0.39, 0.29) is 12.1 Å². The van der Waals surface area contributed by atoms with Gasteiger partial charge in [0.15, 0.2) is 0 Å². The van der Waals surface area contributed by atoms with Crippen LogP contribution in [0.1, 0.15) is 24.2 Å². The Hall–Kier alpha value is -1.07. The normalized spacial score (nSPS) is 25.9. The van der Waals surface area contributed by atoms with Crippen molar-refractivity contribution in [3.8, 4) is 0 Å². The zero-order valence-electron chi connectivity index (χ0n) is 9.42. The molecule has 0 radical (unpaired) electrons. The second-order valence-corrected chi connectivity index (χ2v) is 4.25. The summed E-state index contributed by atoms with van der Waals surface area (Å²) in [6, 6.07) is 5.55. The van der Waals surface area contributed by atoms with Crippen molar-refractivity contribution in [3.05, 3.63) is 35.4 Å². The number of alkyl halides is 3. The average molecular weight is 245 g/mol. The molecule has 0 saturated carbocycles. The molecule has 2 atom stereocenters. The van der Waals surface area contributed by atoms with Crippen molar-refractivity contribution in [2.24, 2.45) is 0 Å². The van der Waals surface area contributed by atoms with Crippen molar-refractivity contribution in [2.75, 3.05) is 13.2 Å². The van der Waals surface area contributed by atoms with Gasteiger partial charge in [-0.25, -0.2) is 0 Å². The fourth-order valence-corrected chi connectivity index (χ4v) is 1.82. The predicted octanol–water partition coefficient (Wildman–Crippen LogP) is 2.75. The van der Waals surface area contributed by atoms with E-state index in [4.69, 9.17) is 4.74 Å². The molecule has 1 aromatic carbocycles. The summed E-state index contributed by atoms with van der Waals surface area (Å²) in [5.41, 5.74) is -0.0588. The number of hydrogen-bond acceptors (Lipinski definition) is 2. The Labute approximate surface area is 97.8 Å². The van der Waals surface area contributed by atoms with Crippen LogP contribution in [0.3, 0.4) is 0 Å². The number of nitrogens with one attached hydrogen (secondary N) is 1. The Bertz CT molecular complexity index is 384. The minimum absolute atomic E-state index is 0.247. The molecule has 1 heterocycles. The molecule has 1 saturated heterocycles.